The van der Waals surface area contributed by atoms with Gasteiger partial charge in [0.2, 0.25) is 0 Å². The van der Waals surface area contributed by atoms with E-state index in [4.69, 9.17) is 4.74 Å². The number of benzene rings is 1. The summed E-state index contributed by atoms with van der Waals surface area (Å²) in [6.07, 6.45) is 5.24. The molecule has 1 aliphatic carbocycles. The van der Waals surface area contributed by atoms with Crippen molar-refractivity contribution in [2.24, 2.45) is 5.41 Å². The molecule has 0 radical (unpaired) electrons. The molecule has 0 fully saturated rings. The monoisotopic (exact) mass is 270 g/mol. The Morgan fingerprint density at radius 3 is 2.50 bits per heavy atom. The lowest BCUT2D eigenvalue weighted by molar-refractivity contribution is 0.101. The lowest BCUT2D eigenvalue weighted by atomic mass is 9.82. The Kier molecular flexibility index (Phi) is 3.85. The number of carbonyl (C=O) groups excluding carboxylic acids is 1. The molecule has 20 heavy (non-hydrogen) atoms. The highest BCUT2D eigenvalue weighted by atomic mass is 16.5. The van der Waals surface area contributed by atoms with E-state index >= 15 is 0 Å². The first kappa shape index (κ1) is 14.6. The molecule has 0 N–H and O–H groups in total. The Hall–Kier alpha value is -1.83. The molecule has 2 rings (SSSR count). The van der Waals surface area contributed by atoms with Gasteiger partial charge in [0.05, 0.1) is 7.11 Å². The van der Waals surface area contributed by atoms with Gasteiger partial charge in [-0.25, -0.2) is 0 Å². The zero-order chi connectivity index (χ0) is 14.9. The van der Waals surface area contributed by atoms with Crippen molar-refractivity contribution < 1.29 is 9.53 Å². The van der Waals surface area contributed by atoms with Crippen molar-refractivity contribution in [3.63, 3.8) is 0 Å². The summed E-state index contributed by atoms with van der Waals surface area (Å²) in [5, 5.41) is 0. The highest BCUT2D eigenvalue weighted by Gasteiger charge is 2.24. The Morgan fingerprint density at radius 2 is 1.95 bits per heavy atom. The smallest absolute Gasteiger partial charge is 0.160 e. The van der Waals surface area contributed by atoms with E-state index in [-0.39, 0.29) is 11.2 Å². The van der Waals surface area contributed by atoms with Gasteiger partial charge in [0.15, 0.2) is 5.78 Å². The summed E-state index contributed by atoms with van der Waals surface area (Å²) >= 11 is 0. The summed E-state index contributed by atoms with van der Waals surface area (Å²) in [6.45, 7) is 8.22. The summed E-state index contributed by atoms with van der Waals surface area (Å²) in [7, 11) is 1.62. The van der Waals surface area contributed by atoms with E-state index in [0.29, 0.717) is 0 Å². The maximum absolute atomic E-state index is 11.9. The zero-order valence-electron chi connectivity index (χ0n) is 12.9. The van der Waals surface area contributed by atoms with Gasteiger partial charge < -0.3 is 4.74 Å². The van der Waals surface area contributed by atoms with Crippen molar-refractivity contribution in [2.45, 2.75) is 34.1 Å². The first-order valence-corrected chi connectivity index (χ1v) is 6.94. The van der Waals surface area contributed by atoms with E-state index < -0.39 is 0 Å². The second-order valence-corrected chi connectivity index (χ2v) is 6.22. The minimum Gasteiger partial charge on any atom is -0.497 e. The number of rotatable bonds is 3. The van der Waals surface area contributed by atoms with Crippen molar-refractivity contribution in [3.8, 4) is 5.75 Å². The summed E-state index contributed by atoms with van der Waals surface area (Å²) < 4.78 is 5.23. The van der Waals surface area contributed by atoms with Gasteiger partial charge in [-0.1, -0.05) is 39.0 Å². The molecule has 1 aromatic rings. The van der Waals surface area contributed by atoms with Gasteiger partial charge in [0.25, 0.3) is 0 Å². The SMILES string of the molecule is COc1ccc(C2=C(C(C)(C)C)C=CC2)c(C(C)=O)c1. The molecule has 1 aromatic carbocycles. The van der Waals surface area contributed by atoms with E-state index in [1.54, 1.807) is 14.0 Å². The van der Waals surface area contributed by atoms with Gasteiger partial charge in [0, 0.05) is 5.56 Å². The molecule has 106 valence electrons. The minimum atomic E-state index is 0.0755. The van der Waals surface area contributed by atoms with Crippen LogP contribution in [0.3, 0.4) is 0 Å². The van der Waals surface area contributed by atoms with Crippen LogP contribution in [0.2, 0.25) is 0 Å². The van der Waals surface area contributed by atoms with Crippen LogP contribution in [0.4, 0.5) is 0 Å². The van der Waals surface area contributed by atoms with Crippen LogP contribution in [0.25, 0.3) is 5.57 Å². The summed E-state index contributed by atoms with van der Waals surface area (Å²) in [6, 6.07) is 5.76. The number of ether oxygens (including phenoxy) is 1. The van der Waals surface area contributed by atoms with Gasteiger partial charge in [-0.2, -0.15) is 0 Å². The number of methoxy groups -OCH3 is 1. The second-order valence-electron chi connectivity index (χ2n) is 6.22. The average Bonchev–Trinajstić information content (AvgIpc) is 2.86. The Labute approximate surface area is 121 Å². The van der Waals surface area contributed by atoms with Crippen molar-refractivity contribution >= 4 is 11.4 Å². The van der Waals surface area contributed by atoms with Gasteiger partial charge in [-0.3, -0.25) is 4.79 Å². The van der Waals surface area contributed by atoms with Gasteiger partial charge in [0.1, 0.15) is 5.75 Å². The standard InChI is InChI=1S/C18H22O2/c1-12(19)16-11-13(20-5)9-10-14(16)15-7-6-8-17(15)18(2,3)4/h6,8-11H,7H2,1-5H3. The fraction of sp³-hybridized carbons (Fsp3) is 0.389. The molecule has 0 aromatic heterocycles. The minimum absolute atomic E-state index is 0.0755. The van der Waals surface area contributed by atoms with Crippen LogP contribution in [-0.4, -0.2) is 12.9 Å². The molecule has 0 unspecified atom stereocenters. The van der Waals surface area contributed by atoms with E-state index in [2.05, 4.69) is 32.9 Å². The number of Topliss-reactive ketones (excluding diaryl/α,β-unsaturated/α-hetero) is 1. The highest BCUT2D eigenvalue weighted by Crippen LogP contribution is 2.40. The van der Waals surface area contributed by atoms with Gasteiger partial charge in [-0.15, -0.1) is 0 Å². The van der Waals surface area contributed by atoms with Crippen LogP contribution in [0, 0.1) is 5.41 Å². The Bertz CT molecular complexity index is 598. The van der Waals surface area contributed by atoms with E-state index in [9.17, 15) is 4.79 Å². The topological polar surface area (TPSA) is 26.3 Å². The molecule has 0 atom stereocenters. The van der Waals surface area contributed by atoms with Crippen molar-refractivity contribution in [1.82, 2.24) is 0 Å². The number of hydrogen-bond donors (Lipinski definition) is 0. The number of hydrogen-bond acceptors (Lipinski definition) is 2. The number of carbonyl (C=O) groups is 1. The van der Waals surface area contributed by atoms with Crippen LogP contribution in [0.15, 0.2) is 35.9 Å². The number of ketones is 1. The average molecular weight is 270 g/mol. The molecule has 0 heterocycles. The van der Waals surface area contributed by atoms with Crippen LogP contribution >= 0.6 is 0 Å². The summed E-state index contributed by atoms with van der Waals surface area (Å²) in [5.41, 5.74) is 4.42. The lowest BCUT2D eigenvalue weighted by Crippen LogP contribution is -2.09. The maximum atomic E-state index is 11.9. The Morgan fingerprint density at radius 1 is 1.25 bits per heavy atom. The van der Waals surface area contributed by atoms with Crippen LogP contribution < -0.4 is 4.74 Å². The van der Waals surface area contributed by atoms with Crippen molar-refractivity contribution in [1.29, 1.82) is 0 Å². The van der Waals surface area contributed by atoms with Crippen LogP contribution in [0.1, 0.15) is 50.0 Å². The van der Waals surface area contributed by atoms with E-state index in [1.165, 1.54) is 11.1 Å². The third kappa shape index (κ3) is 2.69. The van der Waals surface area contributed by atoms with Crippen molar-refractivity contribution in [2.75, 3.05) is 7.11 Å². The molecule has 2 nitrogen and oxygen atoms in total. The molecule has 0 aliphatic heterocycles. The first-order chi connectivity index (χ1) is 9.34. The molecule has 1 aliphatic rings. The van der Waals surface area contributed by atoms with Crippen LogP contribution in [0.5, 0.6) is 5.75 Å². The molecule has 2 heteroatoms. The third-order valence-electron chi connectivity index (χ3n) is 3.67. The molecule has 0 amide bonds. The summed E-state index contributed by atoms with van der Waals surface area (Å²) in [4.78, 5) is 11.9. The predicted octanol–water partition coefficient (Wildman–Crippen LogP) is 4.66. The second kappa shape index (κ2) is 5.28. The predicted molar refractivity (Wildman–Crippen MR) is 83.1 cm³/mol. The Balaban J connectivity index is 2.61. The van der Waals surface area contributed by atoms with E-state index in [1.807, 2.05) is 18.2 Å². The van der Waals surface area contributed by atoms with E-state index in [0.717, 1.165) is 23.3 Å². The molecule has 0 saturated heterocycles. The van der Waals surface area contributed by atoms with Crippen molar-refractivity contribution in [3.05, 3.63) is 47.1 Å². The van der Waals surface area contributed by atoms with Gasteiger partial charge >= 0.3 is 0 Å². The molecule has 0 bridgehead atoms. The first-order valence-electron chi connectivity index (χ1n) is 6.94. The van der Waals surface area contributed by atoms with Gasteiger partial charge in [-0.05, 0) is 47.6 Å². The normalized spacial score (nSPS) is 14.8. The zero-order valence-corrected chi connectivity index (χ0v) is 12.9. The fourth-order valence-electron chi connectivity index (χ4n) is 2.67. The highest BCUT2D eigenvalue weighted by molar-refractivity contribution is 6.00. The van der Waals surface area contributed by atoms with Crippen LogP contribution in [-0.2, 0) is 0 Å². The quantitative estimate of drug-likeness (QED) is 0.747. The molecule has 0 spiro atoms. The molecular weight excluding hydrogens is 248 g/mol. The largest absolute Gasteiger partial charge is 0.497 e. The molecular formula is C18H22O2. The third-order valence-corrected chi connectivity index (χ3v) is 3.67. The summed E-state index contributed by atoms with van der Waals surface area (Å²) in [5.74, 6) is 0.800. The number of allylic oxidation sites excluding steroid dienone is 4. The molecule has 0 saturated carbocycles. The maximum Gasteiger partial charge on any atom is 0.160 e. The lowest BCUT2D eigenvalue weighted by Gasteiger charge is -2.23. The fourth-order valence-corrected chi connectivity index (χ4v) is 2.67.